The highest BCUT2D eigenvalue weighted by atomic mass is 79.9. The maximum atomic E-state index is 11.2. The van der Waals surface area contributed by atoms with Gasteiger partial charge in [-0.05, 0) is 53.7 Å². The molecule has 0 radical (unpaired) electrons. The molecule has 9 heteroatoms. The Morgan fingerprint density at radius 2 is 1.94 bits per heavy atom. The number of hydrogen-bond acceptors (Lipinski definition) is 6. The molecule has 2 aromatic rings. The van der Waals surface area contributed by atoms with Crippen LogP contribution in [-0.2, 0) is 17.8 Å². The van der Waals surface area contributed by atoms with E-state index in [-0.39, 0.29) is 23.9 Å². The van der Waals surface area contributed by atoms with Crippen molar-refractivity contribution in [2.75, 3.05) is 12.8 Å². The van der Waals surface area contributed by atoms with Gasteiger partial charge in [0, 0.05) is 23.6 Å². The van der Waals surface area contributed by atoms with Gasteiger partial charge in [0.25, 0.3) is 0 Å². The predicted octanol–water partition coefficient (Wildman–Crippen LogP) is 5.12. The van der Waals surface area contributed by atoms with Crippen molar-refractivity contribution in [2.45, 2.75) is 66.5 Å². The second kappa shape index (κ2) is 12.4. The van der Waals surface area contributed by atoms with Gasteiger partial charge < -0.3 is 21.5 Å². The average Bonchev–Trinajstić information content (AvgIpc) is 3.30. The molecule has 2 unspecified atom stereocenters. The molecule has 1 heterocycles. The fourth-order valence-corrected chi connectivity index (χ4v) is 3.86. The van der Waals surface area contributed by atoms with Crippen LogP contribution < -0.4 is 21.5 Å². The molecular weight excluding hydrogens is 494 g/mol. The van der Waals surface area contributed by atoms with Gasteiger partial charge in [-0.1, -0.05) is 39.3 Å². The quantitative estimate of drug-likeness (QED) is 0.496. The van der Waals surface area contributed by atoms with E-state index in [2.05, 4.69) is 45.1 Å². The molecule has 7 nitrogen and oxygen atoms in total. The van der Waals surface area contributed by atoms with E-state index in [0.29, 0.717) is 34.1 Å². The van der Waals surface area contributed by atoms with E-state index in [1.54, 1.807) is 19.2 Å². The SMILES string of the molecule is CC.CC1CC1(C)N.CCc1c(CNC(C)=O)nc(N)nc1-c1cc(OC)c(Br)cc1Cl. The van der Waals surface area contributed by atoms with Crippen molar-refractivity contribution in [3.63, 3.8) is 0 Å². The van der Waals surface area contributed by atoms with Crippen LogP contribution in [0.15, 0.2) is 16.6 Å². The van der Waals surface area contributed by atoms with Crippen molar-refractivity contribution in [1.82, 2.24) is 15.3 Å². The molecule has 0 aliphatic heterocycles. The van der Waals surface area contributed by atoms with Crippen LogP contribution in [0.1, 0.15) is 59.2 Å². The number of rotatable bonds is 5. The molecule has 1 aliphatic carbocycles. The maximum Gasteiger partial charge on any atom is 0.220 e. The fourth-order valence-electron chi connectivity index (χ4n) is 2.97. The third-order valence-corrected chi connectivity index (χ3v) is 6.11. The Morgan fingerprint density at radius 1 is 1.38 bits per heavy atom. The highest BCUT2D eigenvalue weighted by Gasteiger charge is 2.42. The zero-order valence-corrected chi connectivity index (χ0v) is 22.3. The summed E-state index contributed by atoms with van der Waals surface area (Å²) in [5.74, 6) is 1.40. The van der Waals surface area contributed by atoms with E-state index in [1.165, 1.54) is 13.3 Å². The van der Waals surface area contributed by atoms with E-state index >= 15 is 0 Å². The van der Waals surface area contributed by atoms with Crippen molar-refractivity contribution in [3.05, 3.63) is 32.9 Å². The molecule has 0 bridgehead atoms. The number of nitrogens with one attached hydrogen (secondary N) is 1. The summed E-state index contributed by atoms with van der Waals surface area (Å²) in [6.45, 7) is 12.0. The van der Waals surface area contributed by atoms with Gasteiger partial charge in [0.1, 0.15) is 5.75 Å². The third kappa shape index (κ3) is 7.60. The van der Waals surface area contributed by atoms with E-state index in [1.807, 2.05) is 20.8 Å². The number of ether oxygens (including phenoxy) is 1. The van der Waals surface area contributed by atoms with Crippen molar-refractivity contribution in [1.29, 1.82) is 0 Å². The number of halogens is 2. The largest absolute Gasteiger partial charge is 0.496 e. The van der Waals surface area contributed by atoms with Gasteiger partial charge in [0.2, 0.25) is 11.9 Å². The summed E-state index contributed by atoms with van der Waals surface area (Å²) in [4.78, 5) is 19.8. The highest BCUT2D eigenvalue weighted by Crippen LogP contribution is 2.39. The Labute approximate surface area is 204 Å². The molecule has 178 valence electrons. The first-order valence-electron chi connectivity index (χ1n) is 10.7. The zero-order valence-electron chi connectivity index (χ0n) is 20.0. The van der Waals surface area contributed by atoms with Gasteiger partial charge in [0.05, 0.1) is 34.5 Å². The van der Waals surface area contributed by atoms with Crippen molar-refractivity contribution in [3.8, 4) is 17.0 Å². The monoisotopic (exact) mass is 527 g/mol. The second-order valence-corrected chi connectivity index (χ2v) is 8.96. The lowest BCUT2D eigenvalue weighted by Crippen LogP contribution is -2.21. The first-order chi connectivity index (χ1) is 15.0. The fraction of sp³-hybridized carbons (Fsp3) is 0.522. The number of aromatic nitrogens is 2. The molecule has 1 fully saturated rings. The summed E-state index contributed by atoms with van der Waals surface area (Å²) in [7, 11) is 1.58. The Balaban J connectivity index is 0.000000542. The Morgan fingerprint density at radius 3 is 2.38 bits per heavy atom. The average molecular weight is 529 g/mol. The molecule has 0 saturated heterocycles. The van der Waals surface area contributed by atoms with Gasteiger partial charge in [0.15, 0.2) is 0 Å². The number of hydrogen-bond donors (Lipinski definition) is 3. The normalized spacial score (nSPS) is 18.5. The highest BCUT2D eigenvalue weighted by molar-refractivity contribution is 9.10. The molecule has 1 aromatic carbocycles. The maximum absolute atomic E-state index is 11.2. The van der Waals surface area contributed by atoms with Crippen LogP contribution in [0.2, 0.25) is 5.02 Å². The minimum atomic E-state index is -0.140. The number of carbonyl (C=O) groups is 1. The summed E-state index contributed by atoms with van der Waals surface area (Å²) >= 11 is 9.80. The van der Waals surface area contributed by atoms with Gasteiger partial charge in [-0.15, -0.1) is 0 Å². The summed E-state index contributed by atoms with van der Waals surface area (Å²) < 4.78 is 6.09. The zero-order chi connectivity index (χ0) is 24.6. The molecule has 5 N–H and O–H groups in total. The molecule has 1 aromatic heterocycles. The lowest BCUT2D eigenvalue weighted by Gasteiger charge is -2.15. The van der Waals surface area contributed by atoms with Gasteiger partial charge >= 0.3 is 0 Å². The van der Waals surface area contributed by atoms with Crippen molar-refractivity contribution >= 4 is 39.4 Å². The number of amides is 1. The number of benzene rings is 1. The van der Waals surface area contributed by atoms with E-state index in [9.17, 15) is 4.79 Å². The minimum Gasteiger partial charge on any atom is -0.496 e. The first-order valence-corrected chi connectivity index (χ1v) is 11.9. The van der Waals surface area contributed by atoms with E-state index in [0.717, 1.165) is 16.0 Å². The smallest absolute Gasteiger partial charge is 0.220 e. The Hall–Kier alpha value is -1.90. The molecule has 32 heavy (non-hydrogen) atoms. The van der Waals surface area contributed by atoms with Crippen LogP contribution >= 0.6 is 27.5 Å². The lowest BCUT2D eigenvalue weighted by molar-refractivity contribution is -0.119. The molecule has 1 aliphatic rings. The van der Waals surface area contributed by atoms with Gasteiger partial charge in [-0.3, -0.25) is 4.79 Å². The minimum absolute atomic E-state index is 0.125. The van der Waals surface area contributed by atoms with Crippen molar-refractivity contribution in [2.24, 2.45) is 11.7 Å². The molecule has 2 atom stereocenters. The molecule has 3 rings (SSSR count). The summed E-state index contributed by atoms with van der Waals surface area (Å²) in [5.41, 5.74) is 14.6. The first kappa shape index (κ1) is 28.1. The van der Waals surface area contributed by atoms with E-state index < -0.39 is 0 Å². The van der Waals surface area contributed by atoms with Gasteiger partial charge in [-0.25, -0.2) is 9.97 Å². The van der Waals surface area contributed by atoms with Crippen LogP contribution in [-0.4, -0.2) is 28.5 Å². The summed E-state index contributed by atoms with van der Waals surface area (Å²) in [5, 5.41) is 3.25. The number of nitrogens with zero attached hydrogens (tertiary/aromatic N) is 2. The van der Waals surface area contributed by atoms with Crippen LogP contribution in [0.3, 0.4) is 0 Å². The number of nitrogens with two attached hydrogens (primary N) is 2. The van der Waals surface area contributed by atoms with E-state index in [4.69, 9.17) is 27.8 Å². The second-order valence-electron chi connectivity index (χ2n) is 7.70. The Bertz CT molecular complexity index is 937. The predicted molar refractivity (Wildman–Crippen MR) is 136 cm³/mol. The summed E-state index contributed by atoms with van der Waals surface area (Å²) in [6, 6.07) is 3.55. The third-order valence-electron chi connectivity index (χ3n) is 5.18. The Kier molecular flexibility index (Phi) is 10.9. The molecule has 1 saturated carbocycles. The number of nitrogen functional groups attached to an aromatic ring is 1. The van der Waals surface area contributed by atoms with Crippen LogP contribution in [0, 0.1) is 5.92 Å². The molecule has 0 spiro atoms. The standard InChI is InChI=1S/C16H18BrClN4O2.C5H11N.C2H6/c1-4-9-13(7-20-8(2)23)21-16(19)22-15(9)10-5-14(24-3)11(17)6-12(10)18;1-4-3-5(4,2)6;1-2/h5-6H,4,7H2,1-3H3,(H,20,23)(H2,19,21,22);4H,3,6H2,1-2H3;1-2H3. The molecular formula is C23H35BrClN5O2. The molecule has 1 amide bonds. The number of methoxy groups -OCH3 is 1. The lowest BCUT2D eigenvalue weighted by atomic mass is 10.0. The van der Waals surface area contributed by atoms with Crippen LogP contribution in [0.4, 0.5) is 5.95 Å². The van der Waals surface area contributed by atoms with Crippen molar-refractivity contribution < 1.29 is 9.53 Å². The summed E-state index contributed by atoms with van der Waals surface area (Å²) in [6.07, 6.45) is 1.88. The number of anilines is 1. The van der Waals surface area contributed by atoms with Crippen LogP contribution in [0.5, 0.6) is 5.75 Å². The van der Waals surface area contributed by atoms with Gasteiger partial charge in [-0.2, -0.15) is 0 Å². The van der Waals surface area contributed by atoms with Crippen LogP contribution in [0.25, 0.3) is 11.3 Å². The number of carbonyl (C=O) groups excluding carboxylic acids is 1. The topological polar surface area (TPSA) is 116 Å².